The molecule has 0 amide bonds. The molecule has 0 saturated heterocycles. The Morgan fingerprint density at radius 2 is 0.506 bits per heavy atom. The average Bonchev–Trinajstić information content (AvgIpc) is 3.43. The van der Waals surface area contributed by atoms with Gasteiger partial charge in [0.1, 0.15) is 13.2 Å². The predicted molar refractivity (Wildman–Crippen MR) is 334 cm³/mol. The highest BCUT2D eigenvalue weighted by atomic mass is 16.6. The van der Waals surface area contributed by atoms with Crippen molar-refractivity contribution in [3.05, 3.63) is 158 Å². The van der Waals surface area contributed by atoms with Gasteiger partial charge in [-0.05, 0) is 122 Å². The molecule has 1 unspecified atom stereocenters. The van der Waals surface area contributed by atoms with E-state index >= 15 is 0 Å². The molecule has 6 nitrogen and oxygen atoms in total. The van der Waals surface area contributed by atoms with E-state index in [9.17, 15) is 14.4 Å². The first kappa shape index (κ1) is 72.0. The Kier molecular flexibility index (Phi) is 59.5. The Bertz CT molecular complexity index is 1740. The molecule has 0 spiro atoms. The van der Waals surface area contributed by atoms with Crippen molar-refractivity contribution in [3.63, 3.8) is 0 Å². The molecule has 6 heteroatoms. The Morgan fingerprint density at radius 3 is 0.844 bits per heavy atom. The SMILES string of the molecule is CC/C=C\C/C=C\C/C=C\C/C=C\C/C=C\CCCC(=O)OC(COC(=O)CC/C=C\C/C=C\C/C=C\C/C=C\CC)COC(=O)CCCCCCCCCCCCCCCCCC/C=C\C/C=C\C/C=C\C/C=C\CC. The summed E-state index contributed by atoms with van der Waals surface area (Å²) in [5.74, 6) is -1.08. The lowest BCUT2D eigenvalue weighted by Gasteiger charge is -2.18. The predicted octanol–water partition coefficient (Wildman–Crippen LogP) is 21.3. The van der Waals surface area contributed by atoms with Crippen molar-refractivity contribution in [1.82, 2.24) is 0 Å². The van der Waals surface area contributed by atoms with Crippen molar-refractivity contribution < 1.29 is 28.6 Å². The summed E-state index contributed by atoms with van der Waals surface area (Å²) >= 11 is 0. The zero-order valence-electron chi connectivity index (χ0n) is 49.4. The van der Waals surface area contributed by atoms with E-state index in [1.807, 2.05) is 12.2 Å². The quantitative estimate of drug-likeness (QED) is 0.0261. The Labute approximate surface area is 473 Å². The molecule has 432 valence electrons. The van der Waals surface area contributed by atoms with Crippen LogP contribution >= 0.6 is 0 Å². The van der Waals surface area contributed by atoms with Crippen LogP contribution in [0.3, 0.4) is 0 Å². The van der Waals surface area contributed by atoms with Crippen LogP contribution in [-0.2, 0) is 28.6 Å². The van der Waals surface area contributed by atoms with Crippen LogP contribution in [0.1, 0.15) is 252 Å². The van der Waals surface area contributed by atoms with E-state index < -0.39 is 6.10 Å². The number of rotatable bonds is 54. The Balaban J connectivity index is 4.36. The van der Waals surface area contributed by atoms with Crippen LogP contribution in [-0.4, -0.2) is 37.2 Å². The zero-order valence-corrected chi connectivity index (χ0v) is 49.4. The normalized spacial score (nSPS) is 13.2. The third kappa shape index (κ3) is 61.8. The Hall–Kier alpha value is -4.97. The molecule has 0 heterocycles. The van der Waals surface area contributed by atoms with E-state index in [4.69, 9.17) is 14.2 Å². The minimum atomic E-state index is -0.843. The second-order valence-corrected chi connectivity index (χ2v) is 19.8. The van der Waals surface area contributed by atoms with Gasteiger partial charge in [0.15, 0.2) is 6.10 Å². The maximum Gasteiger partial charge on any atom is 0.306 e. The minimum Gasteiger partial charge on any atom is -0.462 e. The van der Waals surface area contributed by atoms with Crippen LogP contribution in [0.5, 0.6) is 0 Å². The van der Waals surface area contributed by atoms with Gasteiger partial charge in [-0.2, -0.15) is 0 Å². The maximum atomic E-state index is 12.8. The van der Waals surface area contributed by atoms with E-state index in [0.29, 0.717) is 19.3 Å². The van der Waals surface area contributed by atoms with E-state index in [-0.39, 0.29) is 44.0 Å². The maximum absolute atomic E-state index is 12.8. The number of hydrogen-bond acceptors (Lipinski definition) is 6. The average molecular weight is 1060 g/mol. The lowest BCUT2D eigenvalue weighted by molar-refractivity contribution is -0.166. The number of esters is 3. The molecule has 0 rings (SSSR count). The van der Waals surface area contributed by atoms with Gasteiger partial charge in [0.25, 0.3) is 0 Å². The highest BCUT2D eigenvalue weighted by Gasteiger charge is 2.19. The molecule has 0 radical (unpaired) electrons. The van der Waals surface area contributed by atoms with E-state index in [0.717, 1.165) is 109 Å². The van der Waals surface area contributed by atoms with Crippen molar-refractivity contribution in [2.75, 3.05) is 13.2 Å². The fraction of sp³-hybridized carbons (Fsp3) is 0.592. The second-order valence-electron chi connectivity index (χ2n) is 19.8. The van der Waals surface area contributed by atoms with Gasteiger partial charge in [-0.15, -0.1) is 0 Å². The van der Waals surface area contributed by atoms with Crippen molar-refractivity contribution in [2.24, 2.45) is 0 Å². The van der Waals surface area contributed by atoms with Gasteiger partial charge in [-0.1, -0.05) is 269 Å². The minimum absolute atomic E-state index is 0.128. The van der Waals surface area contributed by atoms with Crippen LogP contribution < -0.4 is 0 Å². The molecule has 0 aliphatic heterocycles. The molecular weight excluding hydrogens is 949 g/mol. The molecule has 0 N–H and O–H groups in total. The molecule has 0 aromatic heterocycles. The molecule has 0 aromatic carbocycles. The van der Waals surface area contributed by atoms with Gasteiger partial charge < -0.3 is 14.2 Å². The number of allylic oxidation sites excluding steroid dienone is 26. The summed E-state index contributed by atoms with van der Waals surface area (Å²) in [6, 6.07) is 0. The van der Waals surface area contributed by atoms with Gasteiger partial charge in [0.2, 0.25) is 0 Å². The summed E-state index contributed by atoms with van der Waals surface area (Å²) in [5.41, 5.74) is 0. The molecule has 0 fully saturated rings. The van der Waals surface area contributed by atoms with Crippen LogP contribution in [0.4, 0.5) is 0 Å². The Morgan fingerprint density at radius 1 is 0.260 bits per heavy atom. The van der Waals surface area contributed by atoms with Crippen molar-refractivity contribution in [2.45, 2.75) is 258 Å². The first-order chi connectivity index (χ1) is 38.0. The molecule has 0 aromatic rings. The third-order valence-electron chi connectivity index (χ3n) is 12.5. The number of carbonyl (C=O) groups excluding carboxylic acids is 3. The first-order valence-corrected chi connectivity index (χ1v) is 31.0. The second kappa shape index (κ2) is 63.6. The number of hydrogen-bond donors (Lipinski definition) is 0. The zero-order chi connectivity index (χ0) is 55.7. The first-order valence-electron chi connectivity index (χ1n) is 31.0. The summed E-state index contributed by atoms with van der Waals surface area (Å²) < 4.78 is 16.8. The van der Waals surface area contributed by atoms with Gasteiger partial charge in [-0.3, -0.25) is 14.4 Å². The molecule has 77 heavy (non-hydrogen) atoms. The lowest BCUT2D eigenvalue weighted by atomic mass is 10.0. The van der Waals surface area contributed by atoms with E-state index in [2.05, 4.69) is 167 Å². The number of carbonyl (C=O) groups is 3. The molecule has 0 aliphatic carbocycles. The number of unbranched alkanes of at least 4 members (excludes halogenated alkanes) is 17. The summed E-state index contributed by atoms with van der Waals surface area (Å²) in [6.45, 7) is 6.18. The fourth-order valence-corrected chi connectivity index (χ4v) is 8.01. The molecule has 0 saturated carbocycles. The third-order valence-corrected chi connectivity index (χ3v) is 12.5. The van der Waals surface area contributed by atoms with Gasteiger partial charge in [0, 0.05) is 19.3 Å². The highest BCUT2D eigenvalue weighted by Crippen LogP contribution is 2.15. The van der Waals surface area contributed by atoms with Crippen molar-refractivity contribution in [3.8, 4) is 0 Å². The van der Waals surface area contributed by atoms with E-state index in [1.165, 1.54) is 89.9 Å². The van der Waals surface area contributed by atoms with Crippen molar-refractivity contribution >= 4 is 17.9 Å². The van der Waals surface area contributed by atoms with Crippen LogP contribution in [0.2, 0.25) is 0 Å². The summed E-state index contributed by atoms with van der Waals surface area (Å²) in [5, 5.41) is 0. The van der Waals surface area contributed by atoms with Gasteiger partial charge in [0.05, 0.1) is 0 Å². The highest BCUT2D eigenvalue weighted by molar-refractivity contribution is 5.71. The lowest BCUT2D eigenvalue weighted by Crippen LogP contribution is -2.30. The molecule has 0 bridgehead atoms. The monoisotopic (exact) mass is 1060 g/mol. The standard InChI is InChI=1S/C71H112O6/c1-4-7-10-13-16-19-22-25-27-29-30-31-32-33-34-35-36-37-38-39-40-42-43-46-49-52-55-58-61-64-70(73)76-67-68(66-75-69(72)63-60-57-54-51-48-45-24-21-18-15-12-9-6-3)77-71(74)65-62-59-56-53-50-47-44-41-28-26-23-20-17-14-11-8-5-2/h7-12,16-21,25-28,30-31,44-45,47-48,53-54,56-57,68H,4-6,13-15,22-24,29,32-43,46,49-52,55,58-67H2,1-3H3/b10-7-,11-8-,12-9-,19-16-,20-17-,21-18-,27-25-,28-26-,31-30-,47-44-,48-45-,56-53-,57-54-. The van der Waals surface area contributed by atoms with Crippen LogP contribution in [0.15, 0.2) is 158 Å². The summed E-state index contributed by atoms with van der Waals surface area (Å²) in [4.78, 5) is 38.2. The molecule has 1 atom stereocenters. The van der Waals surface area contributed by atoms with Crippen LogP contribution in [0, 0.1) is 0 Å². The van der Waals surface area contributed by atoms with Gasteiger partial charge in [-0.25, -0.2) is 0 Å². The smallest absolute Gasteiger partial charge is 0.306 e. The van der Waals surface area contributed by atoms with E-state index in [1.54, 1.807) is 0 Å². The summed E-state index contributed by atoms with van der Waals surface area (Å²) in [7, 11) is 0. The van der Waals surface area contributed by atoms with Crippen molar-refractivity contribution in [1.29, 1.82) is 0 Å². The number of ether oxygens (including phenoxy) is 3. The van der Waals surface area contributed by atoms with Gasteiger partial charge >= 0.3 is 17.9 Å². The molecule has 0 aliphatic rings. The molecular formula is C71H112O6. The summed E-state index contributed by atoms with van der Waals surface area (Å²) in [6.07, 6.45) is 92.8. The topological polar surface area (TPSA) is 78.9 Å². The fourth-order valence-electron chi connectivity index (χ4n) is 8.01. The largest absolute Gasteiger partial charge is 0.462 e. The van der Waals surface area contributed by atoms with Crippen LogP contribution in [0.25, 0.3) is 0 Å².